The lowest BCUT2D eigenvalue weighted by Crippen LogP contribution is -2.45. The van der Waals surface area contributed by atoms with E-state index in [1.54, 1.807) is 6.92 Å². The summed E-state index contributed by atoms with van der Waals surface area (Å²) in [6, 6.07) is -0.448. The minimum absolute atomic E-state index is 0.361. The van der Waals surface area contributed by atoms with Crippen molar-refractivity contribution in [3.05, 3.63) is 0 Å². The molecule has 2 aliphatic rings. The molecule has 2 aliphatic carbocycles. The van der Waals surface area contributed by atoms with Crippen LogP contribution in [0.3, 0.4) is 0 Å². The van der Waals surface area contributed by atoms with E-state index in [-0.39, 0.29) is 0 Å². The molecule has 2 rings (SSSR count). The van der Waals surface area contributed by atoms with Gasteiger partial charge in [-0.3, -0.25) is 0 Å². The Hall–Kier alpha value is -0.250. The van der Waals surface area contributed by atoms with Crippen molar-refractivity contribution in [1.29, 1.82) is 0 Å². The first-order valence-corrected chi connectivity index (χ1v) is 6.21. The maximum Gasteiger partial charge on any atom is 0.390 e. The minimum atomic E-state index is -4.04. The van der Waals surface area contributed by atoms with E-state index in [4.69, 9.17) is 0 Å². The third-order valence-electron chi connectivity index (χ3n) is 4.13. The van der Waals surface area contributed by atoms with Crippen LogP contribution in [0.1, 0.15) is 45.4 Å². The van der Waals surface area contributed by atoms with Crippen molar-refractivity contribution in [1.82, 2.24) is 5.32 Å². The SMILES string of the molecule is CC(CC(F)(F)F)NCC1(C2CC2)CCC1. The molecule has 1 unspecified atom stereocenters. The van der Waals surface area contributed by atoms with Crippen molar-refractivity contribution in [2.75, 3.05) is 6.54 Å². The Kier molecular flexibility index (Phi) is 3.21. The van der Waals surface area contributed by atoms with Gasteiger partial charge in [0, 0.05) is 12.6 Å². The number of hydrogen-bond donors (Lipinski definition) is 1. The molecular formula is C12H20F3N. The molecule has 0 aromatic rings. The van der Waals surface area contributed by atoms with Gasteiger partial charge in [-0.25, -0.2) is 0 Å². The van der Waals surface area contributed by atoms with Crippen LogP contribution in [0, 0.1) is 11.3 Å². The Balaban J connectivity index is 1.73. The Morgan fingerprint density at radius 1 is 1.31 bits per heavy atom. The molecule has 0 aromatic carbocycles. The molecule has 94 valence electrons. The maximum atomic E-state index is 12.2. The zero-order valence-electron chi connectivity index (χ0n) is 9.74. The maximum absolute atomic E-state index is 12.2. The minimum Gasteiger partial charge on any atom is -0.313 e. The topological polar surface area (TPSA) is 12.0 Å². The van der Waals surface area contributed by atoms with Crippen molar-refractivity contribution in [2.24, 2.45) is 11.3 Å². The second kappa shape index (κ2) is 4.21. The summed E-state index contributed by atoms with van der Waals surface area (Å²) >= 11 is 0. The van der Waals surface area contributed by atoms with Crippen LogP contribution in [0.2, 0.25) is 0 Å². The molecule has 0 bridgehead atoms. The van der Waals surface area contributed by atoms with Crippen molar-refractivity contribution in [3.63, 3.8) is 0 Å². The van der Waals surface area contributed by atoms with Crippen molar-refractivity contribution >= 4 is 0 Å². The van der Waals surface area contributed by atoms with Gasteiger partial charge in [0.25, 0.3) is 0 Å². The largest absolute Gasteiger partial charge is 0.390 e. The Labute approximate surface area is 94.8 Å². The van der Waals surface area contributed by atoms with Crippen molar-refractivity contribution < 1.29 is 13.2 Å². The number of alkyl halides is 3. The molecule has 0 aromatic heterocycles. The predicted octanol–water partition coefficient (Wildman–Crippen LogP) is 3.50. The molecule has 2 saturated carbocycles. The van der Waals surface area contributed by atoms with Crippen LogP contribution in [0.4, 0.5) is 13.2 Å². The van der Waals surface area contributed by atoms with Crippen molar-refractivity contribution in [2.45, 2.75) is 57.7 Å². The highest BCUT2D eigenvalue weighted by Crippen LogP contribution is 2.56. The summed E-state index contributed by atoms with van der Waals surface area (Å²) < 4.78 is 36.5. The highest BCUT2D eigenvalue weighted by atomic mass is 19.4. The summed E-state index contributed by atoms with van der Waals surface area (Å²) in [5, 5.41) is 3.08. The van der Waals surface area contributed by atoms with E-state index in [1.807, 2.05) is 0 Å². The highest BCUT2D eigenvalue weighted by Gasteiger charge is 2.48. The second-order valence-electron chi connectivity index (χ2n) is 5.59. The van der Waals surface area contributed by atoms with Gasteiger partial charge in [0.1, 0.15) is 0 Å². The molecule has 0 saturated heterocycles. The zero-order chi connectivity index (χ0) is 11.8. The summed E-state index contributed by atoms with van der Waals surface area (Å²) in [6.45, 7) is 2.42. The molecule has 1 atom stereocenters. The van der Waals surface area contributed by atoms with Crippen LogP contribution in [-0.4, -0.2) is 18.8 Å². The van der Waals surface area contributed by atoms with Crippen LogP contribution in [0.25, 0.3) is 0 Å². The third-order valence-corrected chi connectivity index (χ3v) is 4.13. The van der Waals surface area contributed by atoms with Crippen LogP contribution in [0.15, 0.2) is 0 Å². The number of halogens is 3. The van der Waals surface area contributed by atoms with E-state index in [2.05, 4.69) is 5.32 Å². The number of hydrogen-bond acceptors (Lipinski definition) is 1. The first-order valence-electron chi connectivity index (χ1n) is 6.21. The van der Waals surface area contributed by atoms with E-state index in [0.29, 0.717) is 5.41 Å². The summed E-state index contributed by atoms with van der Waals surface area (Å²) in [7, 11) is 0. The van der Waals surface area contributed by atoms with Gasteiger partial charge in [-0.15, -0.1) is 0 Å². The molecule has 0 heterocycles. The molecular weight excluding hydrogens is 215 g/mol. The average molecular weight is 235 g/mol. The zero-order valence-corrected chi connectivity index (χ0v) is 9.74. The second-order valence-corrected chi connectivity index (χ2v) is 5.59. The Morgan fingerprint density at radius 2 is 1.94 bits per heavy atom. The molecule has 1 N–H and O–H groups in total. The van der Waals surface area contributed by atoms with Gasteiger partial charge in [-0.2, -0.15) is 13.2 Å². The molecule has 2 fully saturated rings. The summed E-state index contributed by atoms with van der Waals surface area (Å²) in [4.78, 5) is 0. The molecule has 0 radical (unpaired) electrons. The molecule has 0 spiro atoms. The van der Waals surface area contributed by atoms with Crippen LogP contribution in [0.5, 0.6) is 0 Å². The average Bonchev–Trinajstić information content (AvgIpc) is 2.82. The Morgan fingerprint density at radius 3 is 2.31 bits per heavy atom. The lowest BCUT2D eigenvalue weighted by Gasteiger charge is -2.43. The summed E-state index contributed by atoms with van der Waals surface area (Å²) in [6.07, 6.45) is 1.50. The summed E-state index contributed by atoms with van der Waals surface area (Å²) in [5.74, 6) is 0.798. The fraction of sp³-hybridized carbons (Fsp3) is 1.00. The molecule has 0 amide bonds. The summed E-state index contributed by atoms with van der Waals surface area (Å²) in [5.41, 5.74) is 0.361. The van der Waals surface area contributed by atoms with Gasteiger partial charge in [-0.05, 0) is 43.9 Å². The normalized spacial score (nSPS) is 26.2. The van der Waals surface area contributed by atoms with Gasteiger partial charge in [-0.1, -0.05) is 6.42 Å². The fourth-order valence-corrected chi connectivity index (χ4v) is 2.85. The van der Waals surface area contributed by atoms with Gasteiger partial charge in [0.15, 0.2) is 0 Å². The van der Waals surface area contributed by atoms with Crippen LogP contribution in [-0.2, 0) is 0 Å². The first kappa shape index (κ1) is 12.2. The smallest absolute Gasteiger partial charge is 0.313 e. The van der Waals surface area contributed by atoms with Crippen molar-refractivity contribution in [3.8, 4) is 0 Å². The van der Waals surface area contributed by atoms with E-state index in [0.717, 1.165) is 12.5 Å². The molecule has 1 nitrogen and oxygen atoms in total. The molecule has 16 heavy (non-hydrogen) atoms. The number of rotatable bonds is 5. The standard InChI is InChI=1S/C12H20F3N/c1-9(7-12(13,14)15)16-8-11(5-2-6-11)10-3-4-10/h9-10,16H,2-8H2,1H3. The lowest BCUT2D eigenvalue weighted by atomic mass is 9.65. The van der Waals surface area contributed by atoms with E-state index in [1.165, 1.54) is 32.1 Å². The molecule has 0 aliphatic heterocycles. The van der Waals surface area contributed by atoms with Gasteiger partial charge < -0.3 is 5.32 Å². The van der Waals surface area contributed by atoms with Crippen LogP contribution < -0.4 is 5.32 Å². The van der Waals surface area contributed by atoms with E-state index in [9.17, 15) is 13.2 Å². The third kappa shape index (κ3) is 2.90. The number of nitrogens with one attached hydrogen (secondary N) is 1. The highest BCUT2D eigenvalue weighted by molar-refractivity contribution is 5.00. The Bertz CT molecular complexity index is 241. The van der Waals surface area contributed by atoms with Gasteiger partial charge in [0.2, 0.25) is 0 Å². The fourth-order valence-electron chi connectivity index (χ4n) is 2.85. The lowest BCUT2D eigenvalue weighted by molar-refractivity contribution is -0.139. The first-order chi connectivity index (χ1) is 7.41. The van der Waals surface area contributed by atoms with Gasteiger partial charge >= 0.3 is 6.18 Å². The molecule has 4 heteroatoms. The predicted molar refractivity (Wildman–Crippen MR) is 57.1 cm³/mol. The van der Waals surface area contributed by atoms with E-state index >= 15 is 0 Å². The monoisotopic (exact) mass is 235 g/mol. The van der Waals surface area contributed by atoms with Crippen LogP contribution >= 0.6 is 0 Å². The van der Waals surface area contributed by atoms with E-state index < -0.39 is 18.6 Å². The van der Waals surface area contributed by atoms with Gasteiger partial charge in [0.05, 0.1) is 6.42 Å². The quantitative estimate of drug-likeness (QED) is 0.769.